The average molecular weight is 373 g/mol. The highest BCUT2D eigenvalue weighted by Gasteiger charge is 2.15. The monoisotopic (exact) mass is 372 g/mol. The molecule has 0 saturated carbocycles. The number of anilines is 1. The molecular formula is C25H28N2O. The lowest BCUT2D eigenvalue weighted by molar-refractivity contribution is 0.102. The maximum absolute atomic E-state index is 13.1. The number of pyridine rings is 1. The molecule has 28 heavy (non-hydrogen) atoms. The maximum Gasteiger partial charge on any atom is 0.256 e. The minimum Gasteiger partial charge on any atom is -0.320 e. The molecule has 3 aromatic rings. The van der Waals surface area contributed by atoms with Gasteiger partial charge in [0.1, 0.15) is 0 Å². The number of carbonyl (C=O) groups is 1. The van der Waals surface area contributed by atoms with Gasteiger partial charge in [-0.2, -0.15) is 0 Å². The molecule has 0 radical (unpaired) electrons. The van der Waals surface area contributed by atoms with Crippen LogP contribution in [0.2, 0.25) is 0 Å². The molecule has 3 nitrogen and oxygen atoms in total. The van der Waals surface area contributed by atoms with Crippen LogP contribution in [0.25, 0.3) is 10.9 Å². The van der Waals surface area contributed by atoms with Crippen molar-refractivity contribution >= 4 is 22.5 Å². The summed E-state index contributed by atoms with van der Waals surface area (Å²) in [6.45, 7) is 4.21. The van der Waals surface area contributed by atoms with Gasteiger partial charge in [0.15, 0.2) is 0 Å². The first-order chi connectivity index (χ1) is 13.7. The van der Waals surface area contributed by atoms with Gasteiger partial charge >= 0.3 is 0 Å². The summed E-state index contributed by atoms with van der Waals surface area (Å²) >= 11 is 0. The van der Waals surface area contributed by atoms with Crippen LogP contribution in [0.15, 0.2) is 66.9 Å². The Morgan fingerprint density at radius 3 is 2.71 bits per heavy atom. The standard InChI is InChI=1S/C25H28N2O/c1-3-4-5-6-7-8-13-20-14-9-12-19(2)23(20)25(28)27-22-17-10-15-21-16-11-18-26-24(21)22/h7-12,14-18H,3-6,13H2,1-2H3,(H,27,28). The van der Waals surface area contributed by atoms with E-state index in [0.717, 1.165) is 46.1 Å². The van der Waals surface area contributed by atoms with E-state index in [4.69, 9.17) is 0 Å². The van der Waals surface area contributed by atoms with Gasteiger partial charge in [-0.3, -0.25) is 9.78 Å². The van der Waals surface area contributed by atoms with Crippen LogP contribution in [0.3, 0.4) is 0 Å². The molecule has 144 valence electrons. The van der Waals surface area contributed by atoms with Crippen LogP contribution in [0, 0.1) is 6.92 Å². The van der Waals surface area contributed by atoms with E-state index in [-0.39, 0.29) is 5.91 Å². The molecule has 1 N–H and O–H groups in total. The molecule has 0 aliphatic rings. The average Bonchev–Trinajstić information content (AvgIpc) is 2.71. The zero-order chi connectivity index (χ0) is 19.8. The van der Waals surface area contributed by atoms with Crippen molar-refractivity contribution in [3.8, 4) is 0 Å². The van der Waals surface area contributed by atoms with Crippen LogP contribution in [0.4, 0.5) is 5.69 Å². The number of carbonyl (C=O) groups excluding carboxylic acids is 1. The molecule has 3 heteroatoms. The summed E-state index contributed by atoms with van der Waals surface area (Å²) in [6.07, 6.45) is 11.8. The van der Waals surface area contributed by atoms with Crippen molar-refractivity contribution in [1.29, 1.82) is 0 Å². The van der Waals surface area contributed by atoms with Gasteiger partial charge in [-0.25, -0.2) is 0 Å². The van der Waals surface area contributed by atoms with E-state index < -0.39 is 0 Å². The SMILES string of the molecule is CCCCCC=CCc1cccc(C)c1C(=O)Nc1cccc2cccnc12. The summed E-state index contributed by atoms with van der Waals surface area (Å²) in [4.78, 5) is 17.5. The highest BCUT2D eigenvalue weighted by molar-refractivity contribution is 6.09. The number of hydrogen-bond donors (Lipinski definition) is 1. The van der Waals surface area contributed by atoms with Gasteiger partial charge in [0.05, 0.1) is 11.2 Å². The smallest absolute Gasteiger partial charge is 0.256 e. The number of amides is 1. The Hall–Kier alpha value is -2.94. The van der Waals surface area contributed by atoms with Gasteiger partial charge in [0.2, 0.25) is 0 Å². The summed E-state index contributed by atoms with van der Waals surface area (Å²) in [7, 11) is 0. The van der Waals surface area contributed by atoms with Crippen LogP contribution in [0.1, 0.15) is 54.1 Å². The summed E-state index contributed by atoms with van der Waals surface area (Å²) in [6, 6.07) is 15.8. The molecule has 0 bridgehead atoms. The van der Waals surface area contributed by atoms with Crippen molar-refractivity contribution in [2.75, 3.05) is 5.32 Å². The fraction of sp³-hybridized carbons (Fsp3) is 0.280. The molecule has 0 unspecified atom stereocenters. The summed E-state index contributed by atoms with van der Waals surface area (Å²) < 4.78 is 0. The van der Waals surface area contributed by atoms with Gasteiger partial charge in [-0.15, -0.1) is 0 Å². The van der Waals surface area contributed by atoms with Crippen LogP contribution in [0.5, 0.6) is 0 Å². The molecular weight excluding hydrogens is 344 g/mol. The maximum atomic E-state index is 13.1. The van der Waals surface area contributed by atoms with Gasteiger partial charge < -0.3 is 5.32 Å². The lowest BCUT2D eigenvalue weighted by Crippen LogP contribution is -2.16. The number of hydrogen-bond acceptors (Lipinski definition) is 2. The van der Waals surface area contributed by atoms with Crippen LogP contribution >= 0.6 is 0 Å². The lowest BCUT2D eigenvalue weighted by Gasteiger charge is -2.13. The second-order valence-corrected chi connectivity index (χ2v) is 7.12. The summed E-state index contributed by atoms with van der Waals surface area (Å²) in [5.74, 6) is -0.0781. The van der Waals surface area contributed by atoms with Crippen molar-refractivity contribution in [2.24, 2.45) is 0 Å². The van der Waals surface area contributed by atoms with E-state index in [0.29, 0.717) is 0 Å². The fourth-order valence-electron chi connectivity index (χ4n) is 3.45. The third-order valence-corrected chi connectivity index (χ3v) is 4.95. The van der Waals surface area contributed by atoms with Crippen molar-refractivity contribution in [2.45, 2.75) is 46.0 Å². The molecule has 0 aliphatic carbocycles. The molecule has 0 spiro atoms. The largest absolute Gasteiger partial charge is 0.320 e. The minimum absolute atomic E-state index is 0.0781. The topological polar surface area (TPSA) is 42.0 Å². The van der Waals surface area contributed by atoms with Crippen LogP contribution < -0.4 is 5.32 Å². The van der Waals surface area contributed by atoms with Crippen LogP contribution in [-0.2, 0) is 6.42 Å². The first-order valence-electron chi connectivity index (χ1n) is 10.1. The number of rotatable bonds is 8. The molecule has 3 rings (SSSR count). The Kier molecular flexibility index (Phi) is 6.96. The molecule has 1 heterocycles. The second kappa shape index (κ2) is 9.84. The zero-order valence-corrected chi connectivity index (χ0v) is 16.7. The minimum atomic E-state index is -0.0781. The number of aryl methyl sites for hydroxylation is 1. The lowest BCUT2D eigenvalue weighted by atomic mass is 9.98. The zero-order valence-electron chi connectivity index (χ0n) is 16.7. The number of benzene rings is 2. The quantitative estimate of drug-likeness (QED) is 0.363. The number of allylic oxidation sites excluding steroid dienone is 2. The number of aromatic nitrogens is 1. The normalized spacial score (nSPS) is 11.2. The van der Waals surface area contributed by atoms with E-state index in [1.165, 1.54) is 19.3 Å². The van der Waals surface area contributed by atoms with Gasteiger partial charge in [0, 0.05) is 17.1 Å². The van der Waals surface area contributed by atoms with E-state index in [2.05, 4.69) is 29.4 Å². The Balaban J connectivity index is 1.79. The van der Waals surface area contributed by atoms with Crippen LogP contribution in [-0.4, -0.2) is 10.9 Å². The van der Waals surface area contributed by atoms with E-state index >= 15 is 0 Å². The molecule has 0 saturated heterocycles. The van der Waals surface area contributed by atoms with Gasteiger partial charge in [-0.1, -0.05) is 68.3 Å². The van der Waals surface area contributed by atoms with Gasteiger partial charge in [-0.05, 0) is 49.4 Å². The molecule has 1 amide bonds. The first-order valence-corrected chi connectivity index (χ1v) is 10.1. The summed E-state index contributed by atoms with van der Waals surface area (Å²) in [5, 5.41) is 4.09. The number of unbranched alkanes of at least 4 members (excludes halogenated alkanes) is 3. The predicted molar refractivity (Wildman–Crippen MR) is 118 cm³/mol. The molecule has 1 aromatic heterocycles. The Bertz CT molecular complexity index is 970. The first kappa shape index (κ1) is 19.8. The molecule has 0 fully saturated rings. The third-order valence-electron chi connectivity index (χ3n) is 4.95. The number of nitrogens with one attached hydrogen (secondary N) is 1. The highest BCUT2D eigenvalue weighted by Crippen LogP contribution is 2.23. The third kappa shape index (κ3) is 4.86. The van der Waals surface area contributed by atoms with E-state index in [1.807, 2.05) is 55.5 Å². The molecule has 0 atom stereocenters. The highest BCUT2D eigenvalue weighted by atomic mass is 16.1. The van der Waals surface area contributed by atoms with Crippen molar-refractivity contribution in [1.82, 2.24) is 4.98 Å². The van der Waals surface area contributed by atoms with Gasteiger partial charge in [0.25, 0.3) is 5.91 Å². The summed E-state index contributed by atoms with van der Waals surface area (Å²) in [5.41, 5.74) is 4.35. The Morgan fingerprint density at radius 2 is 1.86 bits per heavy atom. The number of nitrogens with zero attached hydrogens (tertiary/aromatic N) is 1. The molecule has 0 aliphatic heterocycles. The Labute approximate surface area is 167 Å². The van der Waals surface area contributed by atoms with Crippen molar-refractivity contribution < 1.29 is 4.79 Å². The van der Waals surface area contributed by atoms with E-state index in [9.17, 15) is 4.79 Å². The number of fused-ring (bicyclic) bond motifs is 1. The predicted octanol–water partition coefficient (Wildman–Crippen LogP) is 6.47. The number of para-hydroxylation sites is 1. The van der Waals surface area contributed by atoms with Crippen molar-refractivity contribution in [3.63, 3.8) is 0 Å². The van der Waals surface area contributed by atoms with Crippen molar-refractivity contribution in [3.05, 3.63) is 83.6 Å². The fourth-order valence-corrected chi connectivity index (χ4v) is 3.45. The second-order valence-electron chi connectivity index (χ2n) is 7.12. The van der Waals surface area contributed by atoms with E-state index in [1.54, 1.807) is 6.20 Å². The Morgan fingerprint density at radius 1 is 1.04 bits per heavy atom. The molecule has 2 aromatic carbocycles.